The molecular formula is C26H29ClFN5O3. The first-order chi connectivity index (χ1) is 17.3. The minimum atomic E-state index is -0.435. The molecule has 3 aliphatic heterocycles. The second-order valence-electron chi connectivity index (χ2n) is 10.3. The molecule has 2 bridgehead atoms. The van der Waals surface area contributed by atoms with E-state index in [9.17, 15) is 14.3 Å². The highest BCUT2D eigenvalue weighted by Crippen LogP contribution is 2.38. The van der Waals surface area contributed by atoms with E-state index in [1.54, 1.807) is 15.6 Å². The van der Waals surface area contributed by atoms with Gasteiger partial charge in [0.2, 0.25) is 0 Å². The van der Waals surface area contributed by atoms with Gasteiger partial charge in [0.25, 0.3) is 5.91 Å². The van der Waals surface area contributed by atoms with Crippen molar-refractivity contribution in [1.29, 1.82) is 0 Å². The second kappa shape index (κ2) is 8.97. The van der Waals surface area contributed by atoms with Crippen LogP contribution >= 0.6 is 11.6 Å². The van der Waals surface area contributed by atoms with Gasteiger partial charge in [0.1, 0.15) is 17.7 Å². The van der Waals surface area contributed by atoms with Crippen LogP contribution in [-0.4, -0.2) is 66.2 Å². The number of aryl methyl sites for hydroxylation is 1. The van der Waals surface area contributed by atoms with Gasteiger partial charge in [-0.15, -0.1) is 0 Å². The van der Waals surface area contributed by atoms with E-state index in [0.717, 1.165) is 36.9 Å². The molecule has 1 amide bonds. The van der Waals surface area contributed by atoms with Gasteiger partial charge in [0, 0.05) is 30.3 Å². The number of benzene rings is 1. The number of halogens is 2. The lowest BCUT2D eigenvalue weighted by Gasteiger charge is -2.39. The van der Waals surface area contributed by atoms with Gasteiger partial charge in [-0.25, -0.2) is 13.9 Å². The lowest BCUT2D eigenvalue weighted by molar-refractivity contribution is 0.0214. The number of nitrogens with zero attached hydrogens (tertiary/aromatic N) is 5. The number of aliphatic hydroxyl groups excluding tert-OH is 1. The zero-order valence-electron chi connectivity index (χ0n) is 20.3. The summed E-state index contributed by atoms with van der Waals surface area (Å²) in [6.45, 7) is 5.01. The van der Waals surface area contributed by atoms with Crippen molar-refractivity contribution in [1.82, 2.24) is 24.4 Å². The zero-order chi connectivity index (χ0) is 25.1. The molecule has 3 aromatic rings. The molecule has 0 saturated carbocycles. The summed E-state index contributed by atoms with van der Waals surface area (Å²) in [5, 5.41) is 15.0. The fourth-order valence-electron chi connectivity index (χ4n) is 6.03. The van der Waals surface area contributed by atoms with Gasteiger partial charge in [0.05, 0.1) is 47.4 Å². The minimum absolute atomic E-state index is 0.0991. The summed E-state index contributed by atoms with van der Waals surface area (Å²) < 4.78 is 22.2. The maximum absolute atomic E-state index is 14.3. The summed E-state index contributed by atoms with van der Waals surface area (Å²) in [4.78, 5) is 22.2. The Balaban J connectivity index is 1.21. The third-order valence-corrected chi connectivity index (χ3v) is 8.05. The first-order valence-electron chi connectivity index (χ1n) is 12.5. The van der Waals surface area contributed by atoms with Crippen LogP contribution in [0.2, 0.25) is 5.02 Å². The predicted molar refractivity (Wildman–Crippen MR) is 132 cm³/mol. The normalized spacial score (nSPS) is 24.4. The van der Waals surface area contributed by atoms with Crippen molar-refractivity contribution in [3.05, 3.63) is 57.8 Å². The molecule has 6 rings (SSSR count). The van der Waals surface area contributed by atoms with Crippen molar-refractivity contribution >= 4 is 23.2 Å². The van der Waals surface area contributed by atoms with Gasteiger partial charge in [-0.3, -0.25) is 9.69 Å². The molecule has 5 heterocycles. The maximum Gasteiger partial charge on any atom is 0.258 e. The van der Waals surface area contributed by atoms with Crippen LogP contribution in [0.25, 0.3) is 5.65 Å². The van der Waals surface area contributed by atoms with E-state index >= 15 is 0 Å². The number of carbonyl (C=O) groups is 1. The summed E-state index contributed by atoms with van der Waals surface area (Å²) in [5.41, 5.74) is 3.43. The molecule has 0 aliphatic carbocycles. The van der Waals surface area contributed by atoms with Gasteiger partial charge < -0.3 is 14.7 Å². The largest absolute Gasteiger partial charge is 0.489 e. The SMILES string of the molecule is Cc1nc2c3c(nn2cc1Cl)CN(C(=O)c1ccc(F)cc1OC1C[C@H]2CC[C@@H](C1)N2CC(C)O)C3. The van der Waals surface area contributed by atoms with Crippen LogP contribution in [0.3, 0.4) is 0 Å². The number of hydrogen-bond donors (Lipinski definition) is 1. The van der Waals surface area contributed by atoms with Gasteiger partial charge in [-0.2, -0.15) is 5.10 Å². The van der Waals surface area contributed by atoms with Crippen LogP contribution in [-0.2, 0) is 13.1 Å². The number of fused-ring (bicyclic) bond motifs is 5. The van der Waals surface area contributed by atoms with Crippen molar-refractivity contribution in [2.24, 2.45) is 0 Å². The van der Waals surface area contributed by atoms with Crippen LogP contribution in [0.4, 0.5) is 4.39 Å². The van der Waals surface area contributed by atoms with Crippen molar-refractivity contribution in [2.45, 2.75) is 76.9 Å². The molecule has 1 aromatic carbocycles. The van der Waals surface area contributed by atoms with Gasteiger partial charge in [-0.05, 0) is 51.7 Å². The highest BCUT2D eigenvalue weighted by atomic mass is 35.5. The van der Waals surface area contributed by atoms with E-state index in [0.29, 0.717) is 53.6 Å². The molecule has 190 valence electrons. The molecular weight excluding hydrogens is 485 g/mol. The van der Waals surface area contributed by atoms with E-state index in [-0.39, 0.29) is 23.9 Å². The number of carbonyl (C=O) groups excluding carboxylic acids is 1. The summed E-state index contributed by atoms with van der Waals surface area (Å²) in [7, 11) is 0. The van der Waals surface area contributed by atoms with Gasteiger partial charge in [0.15, 0.2) is 5.65 Å². The third kappa shape index (κ3) is 4.13. The molecule has 2 saturated heterocycles. The quantitative estimate of drug-likeness (QED) is 0.559. The van der Waals surface area contributed by atoms with Crippen molar-refractivity contribution in [2.75, 3.05) is 6.54 Å². The van der Waals surface area contributed by atoms with E-state index < -0.39 is 5.82 Å². The van der Waals surface area contributed by atoms with Crippen LogP contribution < -0.4 is 4.74 Å². The highest BCUT2D eigenvalue weighted by molar-refractivity contribution is 6.31. The fraction of sp³-hybridized carbons (Fsp3) is 0.500. The zero-order valence-corrected chi connectivity index (χ0v) is 21.1. The number of amides is 1. The number of hydrogen-bond acceptors (Lipinski definition) is 6. The lowest BCUT2D eigenvalue weighted by atomic mass is 9.99. The fourth-order valence-corrected chi connectivity index (χ4v) is 6.17. The number of rotatable bonds is 5. The minimum Gasteiger partial charge on any atom is -0.489 e. The van der Waals surface area contributed by atoms with Crippen molar-refractivity contribution in [3.8, 4) is 5.75 Å². The first-order valence-corrected chi connectivity index (χ1v) is 12.9. The smallest absolute Gasteiger partial charge is 0.258 e. The molecule has 36 heavy (non-hydrogen) atoms. The molecule has 2 fully saturated rings. The topological polar surface area (TPSA) is 83.2 Å². The Bertz CT molecular complexity index is 1330. The molecule has 2 unspecified atom stereocenters. The Morgan fingerprint density at radius 3 is 2.75 bits per heavy atom. The number of piperidine rings is 1. The van der Waals surface area contributed by atoms with Crippen LogP contribution in [0.5, 0.6) is 5.75 Å². The molecule has 0 spiro atoms. The number of aliphatic hydroxyl groups is 1. The van der Waals surface area contributed by atoms with E-state index in [4.69, 9.17) is 16.3 Å². The summed E-state index contributed by atoms with van der Waals surface area (Å²) in [5.74, 6) is -0.371. The van der Waals surface area contributed by atoms with Gasteiger partial charge in [-0.1, -0.05) is 11.6 Å². The predicted octanol–water partition coefficient (Wildman–Crippen LogP) is 3.74. The summed E-state index contributed by atoms with van der Waals surface area (Å²) in [6, 6.07) is 4.80. The Hall–Kier alpha value is -2.75. The standard InChI is InChI=1S/C26H29ClFN5O3/c1-14(34)10-32-17-4-5-18(32)9-19(8-17)36-24-7-16(28)3-6-20(24)26(35)31-11-21-23(13-31)30-33-12-22(27)15(2)29-25(21)33/h3,6-7,12,14,17-19,34H,4-5,8-11,13H2,1-2H3/t14?,17-,18+,19?. The Kier molecular flexibility index (Phi) is 5.89. The second-order valence-corrected chi connectivity index (χ2v) is 10.7. The van der Waals surface area contributed by atoms with Crippen molar-refractivity contribution < 1.29 is 19.0 Å². The summed E-state index contributed by atoms with van der Waals surface area (Å²) in [6.07, 6.45) is 4.99. The summed E-state index contributed by atoms with van der Waals surface area (Å²) >= 11 is 6.19. The van der Waals surface area contributed by atoms with Crippen molar-refractivity contribution in [3.63, 3.8) is 0 Å². The molecule has 4 atom stereocenters. The molecule has 10 heteroatoms. The average molecular weight is 514 g/mol. The maximum atomic E-state index is 14.3. The molecule has 8 nitrogen and oxygen atoms in total. The lowest BCUT2D eigenvalue weighted by Crippen LogP contribution is -2.48. The monoisotopic (exact) mass is 513 g/mol. The molecule has 0 radical (unpaired) electrons. The Morgan fingerprint density at radius 2 is 2.03 bits per heavy atom. The first kappa shape index (κ1) is 23.6. The van der Waals surface area contributed by atoms with Gasteiger partial charge >= 0.3 is 0 Å². The van der Waals surface area contributed by atoms with Crippen LogP contribution in [0.15, 0.2) is 24.4 Å². The Labute approximate surface area is 213 Å². The average Bonchev–Trinajstić information content (AvgIpc) is 3.43. The van der Waals surface area contributed by atoms with Crippen LogP contribution in [0, 0.1) is 12.7 Å². The molecule has 3 aliphatic rings. The highest BCUT2D eigenvalue weighted by Gasteiger charge is 2.42. The van der Waals surface area contributed by atoms with E-state index in [2.05, 4.69) is 15.0 Å². The molecule has 1 N–H and O–H groups in total. The third-order valence-electron chi connectivity index (χ3n) is 7.68. The van der Waals surface area contributed by atoms with Crippen LogP contribution in [0.1, 0.15) is 59.9 Å². The number of ether oxygens (including phenoxy) is 1. The van der Waals surface area contributed by atoms with E-state index in [1.807, 2.05) is 13.8 Å². The van der Waals surface area contributed by atoms with E-state index in [1.165, 1.54) is 18.2 Å². The Morgan fingerprint density at radius 1 is 1.28 bits per heavy atom. The number of aromatic nitrogens is 3. The molecule has 2 aromatic heterocycles.